The summed E-state index contributed by atoms with van der Waals surface area (Å²) >= 11 is 1.49. The Hall–Kier alpha value is -3.00. The van der Waals surface area contributed by atoms with E-state index in [0.717, 1.165) is 36.1 Å². The second kappa shape index (κ2) is 11.6. The highest BCUT2D eigenvalue weighted by molar-refractivity contribution is 8.15. The molecule has 1 amide bonds. The molecule has 0 aromatic heterocycles. The lowest BCUT2D eigenvalue weighted by atomic mass is 10.1. The molecule has 0 radical (unpaired) electrons. The number of benzene rings is 2. The molecular formula is C24H29N3O4S. The molecule has 1 aliphatic rings. The summed E-state index contributed by atoms with van der Waals surface area (Å²) < 4.78 is 15.8. The van der Waals surface area contributed by atoms with Crippen LogP contribution in [0.1, 0.15) is 37.3 Å². The maximum atomic E-state index is 13.1. The van der Waals surface area contributed by atoms with Crippen LogP contribution < -0.4 is 14.2 Å². The van der Waals surface area contributed by atoms with Crippen LogP contribution in [-0.2, 0) is 11.3 Å². The topological polar surface area (TPSA) is 72.7 Å². The van der Waals surface area contributed by atoms with Crippen LogP contribution in [0.2, 0.25) is 0 Å². The summed E-state index contributed by atoms with van der Waals surface area (Å²) in [6.07, 6.45) is 4.52. The van der Waals surface area contributed by atoms with Gasteiger partial charge in [-0.2, -0.15) is 5.10 Å². The van der Waals surface area contributed by atoms with Crippen molar-refractivity contribution in [3.05, 3.63) is 53.6 Å². The molecule has 1 saturated heterocycles. The van der Waals surface area contributed by atoms with Crippen LogP contribution >= 0.6 is 11.8 Å². The van der Waals surface area contributed by atoms with Crippen molar-refractivity contribution >= 4 is 29.1 Å². The third-order valence-corrected chi connectivity index (χ3v) is 6.33. The number of amides is 1. The largest absolute Gasteiger partial charge is 0.497 e. The van der Waals surface area contributed by atoms with Gasteiger partial charge in [0.05, 0.1) is 39.3 Å². The quantitative estimate of drug-likeness (QED) is 0.382. The van der Waals surface area contributed by atoms with Gasteiger partial charge in [0.15, 0.2) is 16.7 Å². The minimum absolute atomic E-state index is 0.0827. The van der Waals surface area contributed by atoms with E-state index in [9.17, 15) is 4.79 Å². The molecule has 0 spiro atoms. The normalized spacial score (nSPS) is 17.4. The fourth-order valence-corrected chi connectivity index (χ4v) is 4.44. The third kappa shape index (κ3) is 5.82. The number of unbranched alkanes of at least 4 members (excludes halogenated alkanes) is 1. The highest BCUT2D eigenvalue weighted by Gasteiger charge is 2.37. The molecule has 1 aliphatic heterocycles. The molecule has 1 heterocycles. The molecular weight excluding hydrogens is 426 g/mol. The highest BCUT2D eigenvalue weighted by atomic mass is 32.2. The van der Waals surface area contributed by atoms with Gasteiger partial charge in [-0.05, 0) is 47.9 Å². The fourth-order valence-electron chi connectivity index (χ4n) is 3.30. The minimum atomic E-state index is -0.122. The van der Waals surface area contributed by atoms with Gasteiger partial charge in [0, 0.05) is 0 Å². The van der Waals surface area contributed by atoms with Crippen LogP contribution in [0.5, 0.6) is 17.2 Å². The molecule has 8 heteroatoms. The van der Waals surface area contributed by atoms with Gasteiger partial charge in [-0.15, -0.1) is 5.10 Å². The number of rotatable bonds is 10. The maximum absolute atomic E-state index is 13.1. The van der Waals surface area contributed by atoms with Crippen molar-refractivity contribution in [3.8, 4) is 17.2 Å². The van der Waals surface area contributed by atoms with Gasteiger partial charge in [0.2, 0.25) is 5.91 Å². The van der Waals surface area contributed by atoms with Gasteiger partial charge < -0.3 is 14.2 Å². The summed E-state index contributed by atoms with van der Waals surface area (Å²) in [6.45, 7) is 2.57. The van der Waals surface area contributed by atoms with E-state index in [1.807, 2.05) is 42.5 Å². The highest BCUT2D eigenvalue weighted by Crippen LogP contribution is 2.32. The summed E-state index contributed by atoms with van der Waals surface area (Å²) in [5, 5.41) is 9.14. The Morgan fingerprint density at radius 2 is 1.78 bits per heavy atom. The van der Waals surface area contributed by atoms with Crippen LogP contribution in [0.4, 0.5) is 0 Å². The van der Waals surface area contributed by atoms with Gasteiger partial charge in [0.1, 0.15) is 5.75 Å². The zero-order valence-electron chi connectivity index (χ0n) is 18.9. The zero-order valence-corrected chi connectivity index (χ0v) is 19.7. The number of amidine groups is 1. The Balaban J connectivity index is 1.80. The van der Waals surface area contributed by atoms with Crippen molar-refractivity contribution in [1.29, 1.82) is 0 Å². The van der Waals surface area contributed by atoms with Crippen LogP contribution in [0.25, 0.3) is 0 Å². The van der Waals surface area contributed by atoms with E-state index in [1.165, 1.54) is 11.8 Å². The Bertz CT molecular complexity index is 976. The molecule has 1 atom stereocenters. The van der Waals surface area contributed by atoms with Crippen molar-refractivity contribution in [3.63, 3.8) is 0 Å². The minimum Gasteiger partial charge on any atom is -0.497 e. The van der Waals surface area contributed by atoms with E-state index in [2.05, 4.69) is 17.1 Å². The van der Waals surface area contributed by atoms with E-state index in [1.54, 1.807) is 32.4 Å². The molecule has 0 N–H and O–H groups in total. The molecule has 32 heavy (non-hydrogen) atoms. The number of carbonyl (C=O) groups is 1. The second-order valence-electron chi connectivity index (χ2n) is 7.26. The number of nitrogens with zero attached hydrogens (tertiary/aromatic N) is 3. The Kier molecular flexibility index (Phi) is 8.56. The Morgan fingerprint density at radius 3 is 2.44 bits per heavy atom. The average Bonchev–Trinajstić information content (AvgIpc) is 3.12. The Morgan fingerprint density at radius 1 is 1.03 bits per heavy atom. The monoisotopic (exact) mass is 455 g/mol. The maximum Gasteiger partial charge on any atom is 0.242 e. The van der Waals surface area contributed by atoms with E-state index in [-0.39, 0.29) is 11.2 Å². The lowest BCUT2D eigenvalue weighted by Gasteiger charge is -2.16. The predicted octanol–water partition coefficient (Wildman–Crippen LogP) is 4.74. The number of hydrogen-bond donors (Lipinski definition) is 0. The summed E-state index contributed by atoms with van der Waals surface area (Å²) in [4.78, 5) is 14.8. The Labute approximate surface area is 193 Å². The number of ether oxygens (including phenoxy) is 3. The standard InChI is InChI=1S/C24H29N3O4S/c1-5-6-7-22-23(28)27(16-17-8-11-19(29-2)12-9-17)24(32-22)26-25-15-18-10-13-20(30-3)21(14-18)31-4/h8-15,22H,5-7,16H2,1-4H3/b25-15-,26-24+/t22-/m1/s1. The molecule has 1 fully saturated rings. The van der Waals surface area contributed by atoms with Crippen molar-refractivity contribution in [2.75, 3.05) is 21.3 Å². The van der Waals surface area contributed by atoms with E-state index < -0.39 is 0 Å². The van der Waals surface area contributed by atoms with Gasteiger partial charge in [-0.25, -0.2) is 0 Å². The molecule has 2 aromatic rings. The van der Waals surface area contributed by atoms with Crippen molar-refractivity contribution in [2.45, 2.75) is 38.0 Å². The van der Waals surface area contributed by atoms with Crippen LogP contribution in [0.15, 0.2) is 52.7 Å². The molecule has 0 unspecified atom stereocenters. The first-order chi connectivity index (χ1) is 15.6. The SMILES string of the molecule is CCCC[C@H]1S/C(=N/N=C\c2ccc(OC)c(OC)c2)N(Cc2ccc(OC)cc2)C1=O. The predicted molar refractivity (Wildman–Crippen MR) is 129 cm³/mol. The second-order valence-corrected chi connectivity index (χ2v) is 8.43. The molecule has 0 bridgehead atoms. The molecule has 3 rings (SSSR count). The number of hydrogen-bond acceptors (Lipinski definition) is 7. The molecule has 0 aliphatic carbocycles. The number of carbonyl (C=O) groups excluding carboxylic acids is 1. The lowest BCUT2D eigenvalue weighted by molar-refractivity contribution is -0.126. The van der Waals surface area contributed by atoms with Crippen LogP contribution in [0.3, 0.4) is 0 Å². The summed E-state index contributed by atoms with van der Waals surface area (Å²) in [7, 11) is 4.82. The third-order valence-electron chi connectivity index (χ3n) is 5.10. The number of thioether (sulfide) groups is 1. The van der Waals surface area contributed by atoms with E-state index >= 15 is 0 Å². The summed E-state index contributed by atoms with van der Waals surface area (Å²) in [5.74, 6) is 2.14. The van der Waals surface area contributed by atoms with Crippen molar-refractivity contribution in [2.24, 2.45) is 10.2 Å². The molecule has 170 valence electrons. The first kappa shape index (κ1) is 23.7. The average molecular weight is 456 g/mol. The van der Waals surface area contributed by atoms with Crippen LogP contribution in [-0.4, -0.2) is 48.8 Å². The first-order valence-electron chi connectivity index (χ1n) is 10.5. The van der Waals surface area contributed by atoms with Gasteiger partial charge in [0.25, 0.3) is 0 Å². The zero-order chi connectivity index (χ0) is 22.9. The van der Waals surface area contributed by atoms with Gasteiger partial charge >= 0.3 is 0 Å². The first-order valence-corrected chi connectivity index (χ1v) is 11.4. The van der Waals surface area contributed by atoms with Crippen molar-refractivity contribution < 1.29 is 19.0 Å². The molecule has 0 saturated carbocycles. The van der Waals surface area contributed by atoms with Crippen LogP contribution in [0, 0.1) is 0 Å². The fraction of sp³-hybridized carbons (Fsp3) is 0.375. The summed E-state index contributed by atoms with van der Waals surface area (Å²) in [5.41, 5.74) is 1.83. The van der Waals surface area contributed by atoms with E-state index in [0.29, 0.717) is 23.2 Å². The van der Waals surface area contributed by atoms with E-state index in [4.69, 9.17) is 14.2 Å². The molecule has 7 nitrogen and oxygen atoms in total. The van der Waals surface area contributed by atoms with Crippen molar-refractivity contribution in [1.82, 2.24) is 4.90 Å². The van der Waals surface area contributed by atoms with Gasteiger partial charge in [-0.3, -0.25) is 9.69 Å². The van der Waals surface area contributed by atoms with Gasteiger partial charge in [-0.1, -0.05) is 43.7 Å². The number of methoxy groups -OCH3 is 3. The lowest BCUT2D eigenvalue weighted by Crippen LogP contribution is -2.31. The molecule has 2 aromatic carbocycles. The smallest absolute Gasteiger partial charge is 0.242 e. The summed E-state index contributed by atoms with van der Waals surface area (Å²) in [6, 6.07) is 13.2.